The second kappa shape index (κ2) is 12.9. The number of imidazole rings is 1. The summed E-state index contributed by atoms with van der Waals surface area (Å²) in [6.45, 7) is 1.49. The minimum absolute atomic E-state index is 0.0298. The molecule has 2 aromatic heterocycles. The molecule has 0 atom stereocenters. The summed E-state index contributed by atoms with van der Waals surface area (Å²) in [5, 5.41) is 7.66. The van der Waals surface area contributed by atoms with Gasteiger partial charge in [-0.15, -0.1) is 0 Å². The van der Waals surface area contributed by atoms with Crippen LogP contribution in [-0.2, 0) is 16.1 Å². The molecule has 0 spiro atoms. The Balaban J connectivity index is 1.29. The van der Waals surface area contributed by atoms with Crippen LogP contribution in [0.4, 0.5) is 13.2 Å². The molecule has 1 aliphatic rings. The molecule has 3 aromatic rings. The predicted octanol–water partition coefficient (Wildman–Crippen LogP) is 6.12. The molecular weight excluding hydrogens is 481 g/mol. The van der Waals surface area contributed by atoms with Gasteiger partial charge in [0.25, 0.3) is 0 Å². The van der Waals surface area contributed by atoms with Gasteiger partial charge in [-0.2, -0.15) is 13.2 Å². The first-order valence-electron chi connectivity index (χ1n) is 12.9. The summed E-state index contributed by atoms with van der Waals surface area (Å²) in [7, 11) is 0. The molecule has 1 N–H and O–H groups in total. The fourth-order valence-corrected chi connectivity index (χ4v) is 4.63. The lowest BCUT2D eigenvalue weighted by molar-refractivity contribution is -0.143. The lowest BCUT2D eigenvalue weighted by atomic mass is 9.95. The van der Waals surface area contributed by atoms with Crippen molar-refractivity contribution in [1.82, 2.24) is 14.7 Å². The molecule has 0 aliphatic heterocycles. The van der Waals surface area contributed by atoms with Gasteiger partial charge in [-0.05, 0) is 49.6 Å². The molecule has 0 unspecified atom stereocenters. The molecule has 1 saturated carbocycles. The number of hydrogen-bond donors (Lipinski definition) is 1. The average molecular weight is 515 g/mol. The van der Waals surface area contributed by atoms with Crippen molar-refractivity contribution < 1.29 is 22.8 Å². The van der Waals surface area contributed by atoms with Crippen LogP contribution >= 0.6 is 0 Å². The number of rotatable bonds is 12. The molecule has 6 nitrogen and oxygen atoms in total. The third-order valence-corrected chi connectivity index (χ3v) is 6.58. The maximum absolute atomic E-state index is 12.4. The number of carbonyl (C=O) groups excluding carboxylic acids is 1. The fraction of sp³-hybridized carbons (Fsp3) is 0.464. The Morgan fingerprint density at radius 2 is 2.03 bits per heavy atom. The topological polar surface area (TPSA) is 68.0 Å². The molecule has 37 heavy (non-hydrogen) atoms. The number of oxime groups is 1. The SMILES string of the molecule is O=C(CCC(F)(F)F)Cc1cccc(-c2cnc3cc(/C=N\OCCCNC4CCCCC4)ccn23)c1. The number of halogens is 3. The Morgan fingerprint density at radius 1 is 1.19 bits per heavy atom. The maximum Gasteiger partial charge on any atom is 0.389 e. The molecule has 0 amide bonds. The molecule has 9 heteroatoms. The summed E-state index contributed by atoms with van der Waals surface area (Å²) >= 11 is 0. The minimum atomic E-state index is -4.32. The Bertz CT molecular complexity index is 1200. The van der Waals surface area contributed by atoms with Gasteiger partial charge in [-0.3, -0.25) is 9.20 Å². The zero-order valence-corrected chi connectivity index (χ0v) is 20.8. The number of ketones is 1. The van der Waals surface area contributed by atoms with Crippen molar-refractivity contribution in [2.24, 2.45) is 5.16 Å². The van der Waals surface area contributed by atoms with Gasteiger partial charge in [-0.1, -0.05) is 42.6 Å². The summed E-state index contributed by atoms with van der Waals surface area (Å²) in [6, 6.07) is 11.7. The Labute approximate surface area is 214 Å². The van der Waals surface area contributed by atoms with E-state index in [4.69, 9.17) is 4.84 Å². The number of Topliss-reactive ketones (excluding diaryl/α,β-unsaturated/α-hetero) is 1. The molecule has 198 valence electrons. The number of nitrogens with one attached hydrogen (secondary N) is 1. The first-order valence-corrected chi connectivity index (χ1v) is 12.9. The fourth-order valence-electron chi connectivity index (χ4n) is 4.63. The summed E-state index contributed by atoms with van der Waals surface area (Å²) in [5.74, 6) is -0.431. The van der Waals surface area contributed by atoms with E-state index in [0.717, 1.165) is 35.4 Å². The molecule has 4 rings (SSSR count). The van der Waals surface area contributed by atoms with E-state index in [1.165, 1.54) is 32.1 Å². The monoisotopic (exact) mass is 514 g/mol. The number of hydrogen-bond acceptors (Lipinski definition) is 5. The zero-order chi connectivity index (χ0) is 26.1. The van der Waals surface area contributed by atoms with Gasteiger partial charge in [0.15, 0.2) is 0 Å². The second-order valence-corrected chi connectivity index (χ2v) is 9.57. The average Bonchev–Trinajstić information content (AvgIpc) is 3.31. The highest BCUT2D eigenvalue weighted by Gasteiger charge is 2.27. The predicted molar refractivity (Wildman–Crippen MR) is 138 cm³/mol. The third-order valence-electron chi connectivity index (χ3n) is 6.58. The van der Waals surface area contributed by atoms with Gasteiger partial charge in [0.1, 0.15) is 18.0 Å². The van der Waals surface area contributed by atoms with Gasteiger partial charge in [-0.25, -0.2) is 4.98 Å². The van der Waals surface area contributed by atoms with Crippen molar-refractivity contribution in [2.75, 3.05) is 13.2 Å². The van der Waals surface area contributed by atoms with Crippen molar-refractivity contribution in [3.63, 3.8) is 0 Å². The van der Waals surface area contributed by atoms with E-state index in [2.05, 4.69) is 15.5 Å². The second-order valence-electron chi connectivity index (χ2n) is 9.57. The van der Waals surface area contributed by atoms with Crippen LogP contribution in [0.3, 0.4) is 0 Å². The minimum Gasteiger partial charge on any atom is -0.396 e. The molecule has 1 aromatic carbocycles. The first-order chi connectivity index (χ1) is 17.9. The lowest BCUT2D eigenvalue weighted by Crippen LogP contribution is -2.32. The number of pyridine rings is 1. The van der Waals surface area contributed by atoms with Gasteiger partial charge >= 0.3 is 6.18 Å². The van der Waals surface area contributed by atoms with Crippen LogP contribution in [0.2, 0.25) is 0 Å². The van der Waals surface area contributed by atoms with E-state index in [1.54, 1.807) is 24.5 Å². The zero-order valence-electron chi connectivity index (χ0n) is 20.8. The van der Waals surface area contributed by atoms with E-state index in [1.807, 2.05) is 34.9 Å². The van der Waals surface area contributed by atoms with Gasteiger partial charge in [0.2, 0.25) is 0 Å². The summed E-state index contributed by atoms with van der Waals surface area (Å²) in [6.07, 6.45) is 6.78. The third kappa shape index (κ3) is 8.42. The molecule has 2 heterocycles. The van der Waals surface area contributed by atoms with Crippen LogP contribution in [-0.4, -0.2) is 46.8 Å². The number of aromatic nitrogens is 2. The Kier molecular flexibility index (Phi) is 9.33. The molecule has 1 aliphatic carbocycles. The number of benzene rings is 1. The smallest absolute Gasteiger partial charge is 0.389 e. The molecule has 0 saturated heterocycles. The largest absolute Gasteiger partial charge is 0.396 e. The number of alkyl halides is 3. The van der Waals surface area contributed by atoms with E-state index in [9.17, 15) is 18.0 Å². The van der Waals surface area contributed by atoms with Gasteiger partial charge in [0, 0.05) is 36.2 Å². The van der Waals surface area contributed by atoms with E-state index >= 15 is 0 Å². The molecular formula is C28H33F3N4O2. The Hall–Kier alpha value is -3.20. The molecule has 0 radical (unpaired) electrons. The Morgan fingerprint density at radius 3 is 2.84 bits per heavy atom. The van der Waals surface area contributed by atoms with Crippen LogP contribution in [0.1, 0.15) is 62.5 Å². The van der Waals surface area contributed by atoms with Crippen molar-refractivity contribution in [2.45, 2.75) is 70.0 Å². The quantitative estimate of drug-likeness (QED) is 0.180. The van der Waals surface area contributed by atoms with Crippen LogP contribution in [0, 0.1) is 0 Å². The van der Waals surface area contributed by atoms with Crippen LogP contribution in [0.15, 0.2) is 53.9 Å². The summed E-state index contributed by atoms with van der Waals surface area (Å²) < 4.78 is 39.1. The van der Waals surface area contributed by atoms with Crippen LogP contribution in [0.5, 0.6) is 0 Å². The van der Waals surface area contributed by atoms with E-state index in [0.29, 0.717) is 18.2 Å². The highest BCUT2D eigenvalue weighted by atomic mass is 19.4. The van der Waals surface area contributed by atoms with Crippen LogP contribution in [0.25, 0.3) is 16.9 Å². The highest BCUT2D eigenvalue weighted by Crippen LogP contribution is 2.24. The van der Waals surface area contributed by atoms with Gasteiger partial charge in [0.05, 0.1) is 24.5 Å². The highest BCUT2D eigenvalue weighted by molar-refractivity contribution is 5.82. The van der Waals surface area contributed by atoms with Crippen molar-refractivity contribution in [3.05, 3.63) is 59.9 Å². The number of fused-ring (bicyclic) bond motifs is 1. The summed E-state index contributed by atoms with van der Waals surface area (Å²) in [5.41, 5.74) is 3.91. The first kappa shape index (κ1) is 26.9. The van der Waals surface area contributed by atoms with Crippen molar-refractivity contribution in [1.29, 1.82) is 0 Å². The number of carbonyl (C=O) groups is 1. The molecule has 0 bridgehead atoms. The van der Waals surface area contributed by atoms with Crippen LogP contribution < -0.4 is 5.32 Å². The summed E-state index contributed by atoms with van der Waals surface area (Å²) in [4.78, 5) is 21.9. The standard InChI is InChI=1S/C28H33F3N4O2/c29-28(30,31)12-10-25(36)17-21-6-4-7-23(16-21)26-20-33-27-18-22(11-14-35(26)27)19-34-37-15-5-13-32-24-8-2-1-3-9-24/h4,6-7,11,14,16,18-20,24,32H,1-3,5,8-10,12-13,15,17H2/b34-19-. The van der Waals surface area contributed by atoms with Crippen molar-refractivity contribution >= 4 is 17.6 Å². The van der Waals surface area contributed by atoms with Gasteiger partial charge < -0.3 is 10.2 Å². The number of nitrogens with zero attached hydrogens (tertiary/aromatic N) is 3. The maximum atomic E-state index is 12.4. The van der Waals surface area contributed by atoms with E-state index in [-0.39, 0.29) is 6.42 Å². The normalized spacial score (nSPS) is 15.0. The lowest BCUT2D eigenvalue weighted by Gasteiger charge is -2.22. The van der Waals surface area contributed by atoms with E-state index < -0.39 is 24.8 Å². The molecule has 1 fully saturated rings. The van der Waals surface area contributed by atoms with Crippen molar-refractivity contribution in [3.8, 4) is 11.3 Å².